The molecule has 1 atom stereocenters. The Bertz CT molecular complexity index is 799. The number of aromatic hydroxyl groups is 1. The van der Waals surface area contributed by atoms with Gasteiger partial charge in [-0.1, -0.05) is 35.1 Å². The van der Waals surface area contributed by atoms with Crippen LogP contribution in [0.4, 0.5) is 0 Å². The second-order valence-corrected chi connectivity index (χ2v) is 6.63. The number of benzene rings is 1. The first-order valence-electron chi connectivity index (χ1n) is 7.38. The van der Waals surface area contributed by atoms with Gasteiger partial charge in [0, 0.05) is 18.1 Å². The Morgan fingerprint density at radius 2 is 1.83 bits per heavy atom. The van der Waals surface area contributed by atoms with Gasteiger partial charge in [0.15, 0.2) is 0 Å². The molecule has 24 heavy (non-hydrogen) atoms. The fourth-order valence-corrected chi connectivity index (χ4v) is 3.89. The van der Waals surface area contributed by atoms with Crippen LogP contribution in [0.5, 0.6) is 5.88 Å². The number of halogens is 1. The minimum absolute atomic E-state index is 0.00771. The van der Waals surface area contributed by atoms with E-state index in [1.165, 1.54) is 22.2 Å². The summed E-state index contributed by atoms with van der Waals surface area (Å²) in [4.78, 5) is 7.24. The normalized spacial score (nSPS) is 13.0. The Morgan fingerprint density at radius 1 is 1.17 bits per heavy atom. The number of hydrogen-bond acceptors (Lipinski definition) is 7. The van der Waals surface area contributed by atoms with Crippen LogP contribution in [0, 0.1) is 0 Å². The molecule has 0 aliphatic carbocycles. The Balaban J connectivity index is 2.10. The number of aliphatic hydroxyl groups excluding tert-OH is 2. The van der Waals surface area contributed by atoms with E-state index in [1.54, 1.807) is 12.1 Å². The molecule has 0 spiro atoms. The molecule has 0 saturated carbocycles. The Morgan fingerprint density at radius 3 is 2.42 bits per heavy atom. The number of fused-ring (bicyclic) bond motifs is 1. The van der Waals surface area contributed by atoms with E-state index in [0.29, 0.717) is 28.0 Å². The van der Waals surface area contributed by atoms with Crippen LogP contribution in [0.15, 0.2) is 30.6 Å². The van der Waals surface area contributed by atoms with Crippen molar-refractivity contribution >= 4 is 27.9 Å². The van der Waals surface area contributed by atoms with Crippen molar-refractivity contribution in [3.8, 4) is 5.88 Å². The van der Waals surface area contributed by atoms with Crippen LogP contribution in [0.1, 0.15) is 16.5 Å². The molecule has 3 rings (SSSR count). The van der Waals surface area contributed by atoms with Crippen molar-refractivity contribution in [3.63, 3.8) is 0 Å². The average molecular weight is 369 g/mol. The lowest BCUT2D eigenvalue weighted by atomic mass is 10.0. The summed E-state index contributed by atoms with van der Waals surface area (Å²) in [7, 11) is 0. The van der Waals surface area contributed by atoms with E-state index in [0.717, 1.165) is 5.56 Å². The van der Waals surface area contributed by atoms with Gasteiger partial charge in [-0.25, -0.2) is 4.98 Å². The Labute approximate surface area is 147 Å². The number of rotatable bonds is 7. The average Bonchev–Trinajstić information content (AvgIpc) is 3.14. The number of aromatic nitrogens is 3. The highest BCUT2D eigenvalue weighted by Crippen LogP contribution is 2.39. The van der Waals surface area contributed by atoms with E-state index >= 15 is 0 Å². The van der Waals surface area contributed by atoms with Gasteiger partial charge in [-0.15, -0.1) is 0 Å². The zero-order valence-electron chi connectivity index (χ0n) is 12.7. The molecule has 3 N–H and O–H groups in total. The van der Waals surface area contributed by atoms with Crippen LogP contribution < -0.4 is 0 Å². The monoisotopic (exact) mass is 368 g/mol. The van der Waals surface area contributed by atoms with Gasteiger partial charge >= 0.3 is 0 Å². The summed E-state index contributed by atoms with van der Waals surface area (Å²) in [6.45, 7) is 0.569. The second-order valence-electron chi connectivity index (χ2n) is 5.18. The topological polar surface area (TPSA) is 94.1 Å². The first-order chi connectivity index (χ1) is 11.7. The predicted molar refractivity (Wildman–Crippen MR) is 91.6 cm³/mol. The molecule has 9 heteroatoms. The summed E-state index contributed by atoms with van der Waals surface area (Å²) < 4.78 is 1.37. The first kappa shape index (κ1) is 17.1. The van der Waals surface area contributed by atoms with Crippen LogP contribution >= 0.6 is 22.9 Å². The van der Waals surface area contributed by atoms with Crippen molar-refractivity contribution in [1.82, 2.24) is 19.5 Å². The van der Waals surface area contributed by atoms with Gasteiger partial charge < -0.3 is 15.3 Å². The van der Waals surface area contributed by atoms with Gasteiger partial charge in [0.1, 0.15) is 6.33 Å². The van der Waals surface area contributed by atoms with Crippen molar-refractivity contribution in [2.45, 2.75) is 6.04 Å². The zero-order chi connectivity index (χ0) is 17.1. The number of aliphatic hydroxyl groups is 2. The van der Waals surface area contributed by atoms with E-state index in [1.807, 2.05) is 17.0 Å². The minimum Gasteiger partial charge on any atom is -0.492 e. The molecule has 2 heterocycles. The number of nitrogens with zero attached hydrogens (tertiary/aromatic N) is 4. The summed E-state index contributed by atoms with van der Waals surface area (Å²) >= 11 is 7.30. The Hall–Kier alpha value is -1.71. The molecule has 3 aromatic rings. The standard InChI is InChI=1S/C15H17ClN4O3S/c16-11-3-1-10(2-4-11)12(19(5-7-21)6-8-22)13-14(23)20-15(24-13)17-9-18-20/h1-4,9,12,21-23H,5-8H2. The third-order valence-electron chi connectivity index (χ3n) is 3.71. The van der Waals surface area contributed by atoms with Crippen LogP contribution in [-0.2, 0) is 0 Å². The summed E-state index contributed by atoms with van der Waals surface area (Å²) in [6.07, 6.45) is 1.38. The molecule has 1 unspecified atom stereocenters. The largest absolute Gasteiger partial charge is 0.492 e. The molecule has 1 aromatic carbocycles. The van der Waals surface area contributed by atoms with Crippen LogP contribution in [0.2, 0.25) is 5.02 Å². The van der Waals surface area contributed by atoms with Crippen molar-refractivity contribution in [2.24, 2.45) is 0 Å². The van der Waals surface area contributed by atoms with Crippen molar-refractivity contribution in [1.29, 1.82) is 0 Å². The molecule has 0 radical (unpaired) electrons. The minimum atomic E-state index is -0.352. The maximum Gasteiger partial charge on any atom is 0.230 e. The molecule has 2 aromatic heterocycles. The highest BCUT2D eigenvalue weighted by Gasteiger charge is 2.28. The van der Waals surface area contributed by atoms with Crippen molar-refractivity contribution in [2.75, 3.05) is 26.3 Å². The number of hydrogen-bond donors (Lipinski definition) is 3. The van der Waals surface area contributed by atoms with Crippen molar-refractivity contribution in [3.05, 3.63) is 46.1 Å². The number of thiazole rings is 1. The van der Waals surface area contributed by atoms with Crippen LogP contribution in [0.3, 0.4) is 0 Å². The van der Waals surface area contributed by atoms with Crippen LogP contribution in [-0.4, -0.2) is 61.1 Å². The van der Waals surface area contributed by atoms with Gasteiger partial charge in [-0.2, -0.15) is 9.61 Å². The van der Waals surface area contributed by atoms with E-state index in [2.05, 4.69) is 10.1 Å². The van der Waals surface area contributed by atoms with Gasteiger partial charge in [-0.3, -0.25) is 4.90 Å². The molecule has 128 valence electrons. The summed E-state index contributed by atoms with van der Waals surface area (Å²) in [5.41, 5.74) is 0.890. The maximum atomic E-state index is 10.5. The van der Waals surface area contributed by atoms with Gasteiger partial charge in [0.05, 0.1) is 24.1 Å². The van der Waals surface area contributed by atoms with E-state index < -0.39 is 0 Å². The molecular formula is C15H17ClN4O3S. The second kappa shape index (κ2) is 7.45. The van der Waals surface area contributed by atoms with Gasteiger partial charge in [-0.05, 0) is 17.7 Å². The van der Waals surface area contributed by atoms with Gasteiger partial charge in [0.2, 0.25) is 10.8 Å². The molecule has 0 fully saturated rings. The fourth-order valence-electron chi connectivity index (χ4n) is 2.67. The quantitative estimate of drug-likeness (QED) is 0.585. The maximum absolute atomic E-state index is 10.5. The molecule has 0 aliphatic heterocycles. The lowest BCUT2D eigenvalue weighted by molar-refractivity contribution is 0.136. The summed E-state index contributed by atoms with van der Waals surface area (Å²) in [5.74, 6) is 0.00771. The third kappa shape index (κ3) is 3.24. The molecule has 7 nitrogen and oxygen atoms in total. The highest BCUT2D eigenvalue weighted by atomic mass is 35.5. The van der Waals surface area contributed by atoms with E-state index in [4.69, 9.17) is 11.6 Å². The summed E-state index contributed by atoms with van der Waals surface area (Å²) in [5, 5.41) is 33.9. The third-order valence-corrected chi connectivity index (χ3v) is 5.05. The fraction of sp³-hybridized carbons (Fsp3) is 0.333. The Kier molecular flexibility index (Phi) is 5.32. The predicted octanol–water partition coefficient (Wildman–Crippen LogP) is 1.53. The molecule has 0 saturated heterocycles. The lowest BCUT2D eigenvalue weighted by Gasteiger charge is -2.30. The SMILES string of the molecule is OCCN(CCO)C(c1ccc(Cl)cc1)c1sc2ncnn2c1O. The molecule has 0 bridgehead atoms. The lowest BCUT2D eigenvalue weighted by Crippen LogP contribution is -2.34. The molecule has 0 aliphatic rings. The molecular weight excluding hydrogens is 352 g/mol. The van der Waals surface area contributed by atoms with E-state index in [-0.39, 0.29) is 25.1 Å². The van der Waals surface area contributed by atoms with Crippen molar-refractivity contribution < 1.29 is 15.3 Å². The smallest absolute Gasteiger partial charge is 0.230 e. The first-order valence-corrected chi connectivity index (χ1v) is 8.57. The zero-order valence-corrected chi connectivity index (χ0v) is 14.3. The van der Waals surface area contributed by atoms with Gasteiger partial charge in [0.25, 0.3) is 0 Å². The highest BCUT2D eigenvalue weighted by molar-refractivity contribution is 7.17. The summed E-state index contributed by atoms with van der Waals surface area (Å²) in [6, 6.07) is 6.92. The van der Waals surface area contributed by atoms with Crippen LogP contribution in [0.25, 0.3) is 4.96 Å². The van der Waals surface area contributed by atoms with E-state index in [9.17, 15) is 15.3 Å². The molecule has 0 amide bonds.